The Labute approximate surface area is 196 Å². The van der Waals surface area contributed by atoms with Crippen molar-refractivity contribution in [3.8, 4) is 6.07 Å². The van der Waals surface area contributed by atoms with Crippen molar-refractivity contribution in [3.63, 3.8) is 0 Å². The second kappa shape index (κ2) is 12.0. The lowest BCUT2D eigenvalue weighted by Gasteiger charge is -2.45. The van der Waals surface area contributed by atoms with Gasteiger partial charge in [0.25, 0.3) is 0 Å². The molecule has 6 heteroatoms. The van der Waals surface area contributed by atoms with Crippen LogP contribution in [0.5, 0.6) is 0 Å². The summed E-state index contributed by atoms with van der Waals surface area (Å²) in [5, 5.41) is 33.3. The van der Waals surface area contributed by atoms with Gasteiger partial charge >= 0.3 is 5.97 Å². The molecule has 2 saturated carbocycles. The minimum absolute atomic E-state index is 0.0269. The summed E-state index contributed by atoms with van der Waals surface area (Å²) in [5.41, 5.74) is -0.106. The van der Waals surface area contributed by atoms with Crippen molar-refractivity contribution in [1.29, 1.82) is 5.26 Å². The van der Waals surface area contributed by atoms with Crippen molar-refractivity contribution >= 4 is 17.3 Å². The number of esters is 1. The maximum Gasteiger partial charge on any atom is 0.305 e. The standard InChI is InChI=1S/C26H37NO4S/c1-31-25(30)13-5-3-2-4-9-20-19(18-27)17-22(28)21(20)10-6-11-23(29)26(14-8-15-26)24-12-7-16-32-24/h6-7,10,12,16,19-23,28-29H,2-5,8-9,11,13-15,17H2,1H3/t19-,20-,21+,22+,23?/m0/s1. The number of hydrogen-bond acceptors (Lipinski definition) is 6. The van der Waals surface area contributed by atoms with Crippen LogP contribution in [0, 0.1) is 29.1 Å². The molecule has 0 aliphatic heterocycles. The molecule has 2 N–H and O–H groups in total. The fourth-order valence-corrected chi connectivity index (χ4v) is 6.55. The van der Waals surface area contributed by atoms with Crippen LogP contribution < -0.4 is 0 Å². The van der Waals surface area contributed by atoms with Gasteiger partial charge in [0.15, 0.2) is 0 Å². The Morgan fingerprint density at radius 1 is 1.38 bits per heavy atom. The normalized spacial score (nSPS) is 27.7. The molecule has 2 aliphatic carbocycles. The second-order valence-corrected chi connectivity index (χ2v) is 10.4. The van der Waals surface area contributed by atoms with Crippen LogP contribution in [-0.4, -0.2) is 35.5 Å². The van der Waals surface area contributed by atoms with Crippen molar-refractivity contribution in [1.82, 2.24) is 0 Å². The lowest BCUT2D eigenvalue weighted by atomic mass is 9.63. The minimum Gasteiger partial charge on any atom is -0.469 e. The van der Waals surface area contributed by atoms with Crippen molar-refractivity contribution in [2.45, 2.75) is 88.3 Å². The van der Waals surface area contributed by atoms with Crippen molar-refractivity contribution in [2.75, 3.05) is 7.11 Å². The Kier molecular flexibility index (Phi) is 9.34. The zero-order chi connectivity index (χ0) is 23.0. The molecule has 5 atom stereocenters. The van der Waals surface area contributed by atoms with E-state index in [1.807, 2.05) is 6.08 Å². The first kappa shape index (κ1) is 25.0. The topological polar surface area (TPSA) is 90.6 Å². The van der Waals surface area contributed by atoms with E-state index in [0.717, 1.165) is 51.4 Å². The van der Waals surface area contributed by atoms with E-state index < -0.39 is 12.2 Å². The number of hydrogen-bond donors (Lipinski definition) is 2. The summed E-state index contributed by atoms with van der Waals surface area (Å²) < 4.78 is 4.67. The van der Waals surface area contributed by atoms with E-state index >= 15 is 0 Å². The Bertz CT molecular complexity index is 780. The molecule has 32 heavy (non-hydrogen) atoms. The van der Waals surface area contributed by atoms with Gasteiger partial charge in [-0.2, -0.15) is 5.26 Å². The highest BCUT2D eigenvalue weighted by molar-refractivity contribution is 7.10. The maximum atomic E-state index is 11.2. The summed E-state index contributed by atoms with van der Waals surface area (Å²) in [6.07, 6.45) is 12.7. The van der Waals surface area contributed by atoms with Gasteiger partial charge in [-0.15, -0.1) is 11.3 Å². The van der Waals surface area contributed by atoms with Crippen LogP contribution in [0.4, 0.5) is 0 Å². The maximum absolute atomic E-state index is 11.2. The highest BCUT2D eigenvalue weighted by Gasteiger charge is 2.45. The van der Waals surface area contributed by atoms with Crippen LogP contribution >= 0.6 is 11.3 Å². The number of unbranched alkanes of at least 4 members (excludes halogenated alkanes) is 3. The van der Waals surface area contributed by atoms with Crippen LogP contribution in [0.15, 0.2) is 29.7 Å². The summed E-state index contributed by atoms with van der Waals surface area (Å²) in [4.78, 5) is 12.5. The molecule has 0 spiro atoms. The number of aliphatic hydroxyl groups is 2. The quantitative estimate of drug-likeness (QED) is 0.257. The Morgan fingerprint density at radius 2 is 2.16 bits per heavy atom. The molecule has 3 rings (SSSR count). The molecule has 176 valence electrons. The van der Waals surface area contributed by atoms with Gasteiger partial charge in [0, 0.05) is 22.6 Å². The first-order valence-corrected chi connectivity index (χ1v) is 12.9. The molecule has 1 aromatic heterocycles. The molecule has 2 fully saturated rings. The summed E-state index contributed by atoms with van der Waals surface area (Å²) >= 11 is 1.73. The van der Waals surface area contributed by atoms with Crippen LogP contribution in [0.2, 0.25) is 0 Å². The number of nitrogens with zero attached hydrogens (tertiary/aromatic N) is 1. The molecular formula is C26H37NO4S. The molecule has 2 aliphatic rings. The number of methoxy groups -OCH3 is 1. The van der Waals surface area contributed by atoms with Gasteiger partial charge in [-0.05, 0) is 55.9 Å². The van der Waals surface area contributed by atoms with Gasteiger partial charge in [-0.3, -0.25) is 4.79 Å². The number of carbonyl (C=O) groups is 1. The predicted molar refractivity (Wildman–Crippen MR) is 126 cm³/mol. The molecule has 0 saturated heterocycles. The number of nitriles is 1. The molecule has 0 bridgehead atoms. The van der Waals surface area contributed by atoms with Crippen LogP contribution in [0.1, 0.15) is 75.5 Å². The van der Waals surface area contributed by atoms with E-state index in [4.69, 9.17) is 0 Å². The van der Waals surface area contributed by atoms with E-state index in [2.05, 4.69) is 34.4 Å². The highest BCUT2D eigenvalue weighted by Crippen LogP contribution is 2.49. The minimum atomic E-state index is -0.493. The molecule has 5 nitrogen and oxygen atoms in total. The molecule has 0 aromatic carbocycles. The molecule has 1 heterocycles. The molecule has 0 radical (unpaired) electrons. The average Bonchev–Trinajstić information content (AvgIpc) is 3.38. The van der Waals surface area contributed by atoms with E-state index in [0.29, 0.717) is 19.3 Å². The third-order valence-electron chi connectivity index (χ3n) is 7.63. The average molecular weight is 460 g/mol. The lowest BCUT2D eigenvalue weighted by molar-refractivity contribution is -0.140. The first-order chi connectivity index (χ1) is 15.5. The first-order valence-electron chi connectivity index (χ1n) is 12.0. The Morgan fingerprint density at radius 3 is 2.78 bits per heavy atom. The summed E-state index contributed by atoms with van der Waals surface area (Å²) in [7, 11) is 1.41. The van der Waals surface area contributed by atoms with Gasteiger partial charge in [0.05, 0.1) is 31.3 Å². The lowest BCUT2D eigenvalue weighted by Crippen LogP contribution is -2.44. The SMILES string of the molecule is COC(=O)CCCCCC[C@@H]1[C@@H](C=CCC(O)C2(c3cccs3)CCC2)[C@H](O)C[C@H]1C#N. The zero-order valence-corrected chi connectivity index (χ0v) is 19.9. The van der Waals surface area contributed by atoms with Crippen molar-refractivity contribution < 1.29 is 19.7 Å². The fraction of sp³-hybridized carbons (Fsp3) is 0.692. The molecule has 0 amide bonds. The Hall–Kier alpha value is -1.68. The van der Waals surface area contributed by atoms with Gasteiger partial charge in [0.2, 0.25) is 0 Å². The summed E-state index contributed by atoms with van der Waals surface area (Å²) in [5.74, 6) is -0.160. The van der Waals surface area contributed by atoms with Gasteiger partial charge in [0.1, 0.15) is 0 Å². The van der Waals surface area contributed by atoms with E-state index in [1.165, 1.54) is 12.0 Å². The zero-order valence-electron chi connectivity index (χ0n) is 19.1. The third-order valence-corrected chi connectivity index (χ3v) is 8.72. The smallest absolute Gasteiger partial charge is 0.305 e. The van der Waals surface area contributed by atoms with Crippen LogP contribution in [0.25, 0.3) is 0 Å². The molecule has 1 unspecified atom stereocenters. The van der Waals surface area contributed by atoms with E-state index in [1.54, 1.807) is 11.3 Å². The second-order valence-electron chi connectivity index (χ2n) is 9.48. The van der Waals surface area contributed by atoms with Crippen LogP contribution in [-0.2, 0) is 14.9 Å². The Balaban J connectivity index is 1.51. The summed E-state index contributed by atoms with van der Waals surface area (Å²) in [6, 6.07) is 6.60. The number of aliphatic hydroxyl groups excluding tert-OH is 2. The van der Waals surface area contributed by atoms with Crippen molar-refractivity contribution in [3.05, 3.63) is 34.5 Å². The van der Waals surface area contributed by atoms with Crippen LogP contribution in [0.3, 0.4) is 0 Å². The monoisotopic (exact) mass is 459 g/mol. The number of carbonyl (C=O) groups excluding carboxylic acids is 1. The number of ether oxygens (including phenoxy) is 1. The van der Waals surface area contributed by atoms with E-state index in [9.17, 15) is 20.3 Å². The van der Waals surface area contributed by atoms with Crippen molar-refractivity contribution in [2.24, 2.45) is 17.8 Å². The van der Waals surface area contributed by atoms with Gasteiger partial charge in [-0.25, -0.2) is 0 Å². The van der Waals surface area contributed by atoms with Gasteiger partial charge < -0.3 is 14.9 Å². The van der Waals surface area contributed by atoms with Gasteiger partial charge in [-0.1, -0.05) is 43.9 Å². The largest absolute Gasteiger partial charge is 0.469 e. The number of rotatable bonds is 12. The summed E-state index contributed by atoms with van der Waals surface area (Å²) in [6.45, 7) is 0. The highest BCUT2D eigenvalue weighted by atomic mass is 32.1. The van der Waals surface area contributed by atoms with E-state index in [-0.39, 0.29) is 29.1 Å². The fourth-order valence-electron chi connectivity index (χ4n) is 5.52. The third kappa shape index (κ3) is 5.81. The number of thiophene rings is 1. The predicted octanol–water partition coefficient (Wildman–Crippen LogP) is 5.13. The molecule has 1 aromatic rings. The molecular weight excluding hydrogens is 422 g/mol.